The Morgan fingerprint density at radius 3 is 2.54 bits per heavy atom. The first kappa shape index (κ1) is 19.8. The predicted molar refractivity (Wildman–Crippen MR) is 100 cm³/mol. The second-order valence-electron chi connectivity index (χ2n) is 6.26. The summed E-state index contributed by atoms with van der Waals surface area (Å²) >= 11 is 5.66. The van der Waals surface area contributed by atoms with Gasteiger partial charge in [0, 0.05) is 0 Å². The summed E-state index contributed by atoms with van der Waals surface area (Å²) in [5, 5.41) is 6.77. The number of nitrogens with zero attached hydrogens (tertiary/aromatic N) is 3. The number of amides is 1. The first-order valence-corrected chi connectivity index (χ1v) is 8.81. The average molecular weight is 407 g/mol. The van der Waals surface area contributed by atoms with Gasteiger partial charge in [0.25, 0.3) is 0 Å². The Kier molecular flexibility index (Phi) is 5.60. The summed E-state index contributed by atoms with van der Waals surface area (Å²) in [7, 11) is 0. The molecular formula is C19H17ClF2N4O2. The van der Waals surface area contributed by atoms with Crippen LogP contribution < -0.4 is 11.0 Å². The van der Waals surface area contributed by atoms with Gasteiger partial charge in [-0.3, -0.25) is 4.79 Å². The van der Waals surface area contributed by atoms with E-state index in [1.54, 1.807) is 19.9 Å². The van der Waals surface area contributed by atoms with E-state index in [0.29, 0.717) is 17.1 Å². The number of aryl methyl sites for hydroxylation is 1. The Balaban J connectivity index is 1.75. The van der Waals surface area contributed by atoms with Crippen LogP contribution in [0, 0.1) is 18.6 Å². The van der Waals surface area contributed by atoms with Crippen molar-refractivity contribution < 1.29 is 13.6 Å². The van der Waals surface area contributed by atoms with Crippen molar-refractivity contribution in [3.05, 3.63) is 81.0 Å². The minimum atomic E-state index is -0.579. The number of carbonyl (C=O) groups is 1. The molecule has 1 aromatic heterocycles. The van der Waals surface area contributed by atoms with Crippen LogP contribution in [0.2, 0.25) is 5.02 Å². The maximum Gasteiger partial charge on any atom is 0.351 e. The second kappa shape index (κ2) is 7.93. The number of carbonyl (C=O) groups excluding carboxylic acids is 1. The number of halogens is 3. The van der Waals surface area contributed by atoms with Crippen LogP contribution in [0.1, 0.15) is 24.4 Å². The molecule has 146 valence electrons. The van der Waals surface area contributed by atoms with Gasteiger partial charge in [0.15, 0.2) is 0 Å². The molecule has 0 aliphatic heterocycles. The van der Waals surface area contributed by atoms with E-state index in [4.69, 9.17) is 11.6 Å². The molecule has 0 saturated carbocycles. The normalized spacial score (nSPS) is 12.0. The highest BCUT2D eigenvalue weighted by atomic mass is 35.5. The lowest BCUT2D eigenvalue weighted by Gasteiger charge is -2.14. The first-order valence-electron chi connectivity index (χ1n) is 8.43. The van der Waals surface area contributed by atoms with E-state index >= 15 is 0 Å². The molecule has 0 radical (unpaired) electrons. The molecule has 0 saturated heterocycles. The van der Waals surface area contributed by atoms with Gasteiger partial charge in [-0.05, 0) is 55.8 Å². The number of benzene rings is 2. The molecule has 6 nitrogen and oxygen atoms in total. The predicted octanol–water partition coefficient (Wildman–Crippen LogP) is 3.15. The van der Waals surface area contributed by atoms with E-state index in [1.807, 2.05) is 0 Å². The maximum atomic E-state index is 13.6. The topological polar surface area (TPSA) is 68.9 Å². The quantitative estimate of drug-likeness (QED) is 0.707. The molecule has 3 rings (SSSR count). The molecule has 1 atom stereocenters. The minimum absolute atomic E-state index is 0.00404. The molecule has 3 aromatic rings. The summed E-state index contributed by atoms with van der Waals surface area (Å²) in [6.45, 7) is 2.98. The molecule has 28 heavy (non-hydrogen) atoms. The third-order valence-electron chi connectivity index (χ3n) is 4.20. The summed E-state index contributed by atoms with van der Waals surface area (Å²) in [5.41, 5.74) is 0.459. The molecule has 0 aliphatic rings. The van der Waals surface area contributed by atoms with Gasteiger partial charge < -0.3 is 5.32 Å². The van der Waals surface area contributed by atoms with Crippen LogP contribution in [0.3, 0.4) is 0 Å². The molecule has 1 amide bonds. The molecule has 9 heteroatoms. The fraction of sp³-hybridized carbons (Fsp3) is 0.211. The van der Waals surface area contributed by atoms with Crippen LogP contribution in [-0.2, 0) is 11.3 Å². The van der Waals surface area contributed by atoms with Crippen molar-refractivity contribution >= 4 is 17.5 Å². The Hall–Kier alpha value is -3.00. The Labute approximate surface area is 164 Å². The molecule has 1 N–H and O–H groups in total. The average Bonchev–Trinajstić information content (AvgIpc) is 2.91. The Morgan fingerprint density at radius 2 is 1.89 bits per heavy atom. The molecule has 0 aliphatic carbocycles. The SMILES string of the molecule is Cc1nn(CC(=O)N[C@@H](C)c2ccc(Cl)c(F)c2)c(=O)n1-c1ccc(F)cc1. The highest BCUT2D eigenvalue weighted by Gasteiger charge is 2.16. The summed E-state index contributed by atoms with van der Waals surface area (Å²) in [4.78, 5) is 24.9. The third-order valence-corrected chi connectivity index (χ3v) is 4.51. The molecule has 0 bridgehead atoms. The van der Waals surface area contributed by atoms with Gasteiger partial charge in [-0.1, -0.05) is 17.7 Å². The first-order chi connectivity index (χ1) is 13.3. The van der Waals surface area contributed by atoms with Crippen LogP contribution >= 0.6 is 11.6 Å². The lowest BCUT2D eigenvalue weighted by atomic mass is 10.1. The second-order valence-corrected chi connectivity index (χ2v) is 6.67. The maximum absolute atomic E-state index is 13.6. The van der Waals surface area contributed by atoms with Gasteiger partial charge in [-0.15, -0.1) is 0 Å². The van der Waals surface area contributed by atoms with Crippen molar-refractivity contribution in [3.8, 4) is 5.69 Å². The van der Waals surface area contributed by atoms with E-state index in [0.717, 1.165) is 4.68 Å². The van der Waals surface area contributed by atoms with Crippen molar-refractivity contribution in [1.82, 2.24) is 19.7 Å². The van der Waals surface area contributed by atoms with E-state index in [2.05, 4.69) is 10.4 Å². The van der Waals surface area contributed by atoms with Gasteiger partial charge in [0.1, 0.15) is 24.0 Å². The Morgan fingerprint density at radius 1 is 1.21 bits per heavy atom. The van der Waals surface area contributed by atoms with Gasteiger partial charge in [0.2, 0.25) is 5.91 Å². The van der Waals surface area contributed by atoms with Crippen molar-refractivity contribution in [1.29, 1.82) is 0 Å². The summed E-state index contributed by atoms with van der Waals surface area (Å²) in [6, 6.07) is 9.14. The van der Waals surface area contributed by atoms with E-state index in [-0.39, 0.29) is 11.6 Å². The number of nitrogens with one attached hydrogen (secondary N) is 1. The largest absolute Gasteiger partial charge is 0.351 e. The summed E-state index contributed by atoms with van der Waals surface area (Å²) in [6.07, 6.45) is 0. The zero-order valence-electron chi connectivity index (χ0n) is 15.1. The van der Waals surface area contributed by atoms with Crippen molar-refractivity contribution in [3.63, 3.8) is 0 Å². The summed E-state index contributed by atoms with van der Waals surface area (Å²) in [5.74, 6) is -1.11. The monoisotopic (exact) mass is 406 g/mol. The number of hydrogen-bond donors (Lipinski definition) is 1. The van der Waals surface area contributed by atoms with Crippen LogP contribution in [0.4, 0.5) is 8.78 Å². The van der Waals surface area contributed by atoms with E-state index in [9.17, 15) is 18.4 Å². The van der Waals surface area contributed by atoms with Crippen molar-refractivity contribution in [2.45, 2.75) is 26.4 Å². The minimum Gasteiger partial charge on any atom is -0.348 e. The fourth-order valence-corrected chi connectivity index (χ4v) is 2.91. The fourth-order valence-electron chi connectivity index (χ4n) is 2.79. The lowest BCUT2D eigenvalue weighted by Crippen LogP contribution is -2.34. The zero-order valence-corrected chi connectivity index (χ0v) is 15.9. The molecule has 0 spiro atoms. The Bertz CT molecular complexity index is 1080. The smallest absolute Gasteiger partial charge is 0.348 e. The standard InChI is InChI=1S/C19H17ClF2N4O2/c1-11(13-3-8-16(20)17(22)9-13)23-18(27)10-25-19(28)26(12(2)24-25)15-6-4-14(21)5-7-15/h3-9,11H,10H2,1-2H3,(H,23,27)/t11-/m0/s1. The van der Waals surface area contributed by atoms with E-state index < -0.39 is 29.3 Å². The molecule has 1 heterocycles. The van der Waals surface area contributed by atoms with Gasteiger partial charge in [0.05, 0.1) is 16.8 Å². The van der Waals surface area contributed by atoms with Gasteiger partial charge in [-0.25, -0.2) is 22.8 Å². The molecular weight excluding hydrogens is 390 g/mol. The molecule has 2 aromatic carbocycles. The highest BCUT2D eigenvalue weighted by Crippen LogP contribution is 2.20. The van der Waals surface area contributed by atoms with Crippen LogP contribution in [0.5, 0.6) is 0 Å². The third kappa shape index (κ3) is 4.12. The van der Waals surface area contributed by atoms with Crippen molar-refractivity contribution in [2.75, 3.05) is 0 Å². The molecule has 0 fully saturated rings. The number of hydrogen-bond acceptors (Lipinski definition) is 3. The van der Waals surface area contributed by atoms with Crippen molar-refractivity contribution in [2.24, 2.45) is 0 Å². The van der Waals surface area contributed by atoms with Gasteiger partial charge >= 0.3 is 5.69 Å². The van der Waals surface area contributed by atoms with Gasteiger partial charge in [-0.2, -0.15) is 5.10 Å². The van der Waals surface area contributed by atoms with Crippen LogP contribution in [-0.4, -0.2) is 20.3 Å². The lowest BCUT2D eigenvalue weighted by molar-refractivity contribution is -0.122. The molecule has 0 unspecified atom stereocenters. The number of aromatic nitrogens is 3. The van der Waals surface area contributed by atoms with E-state index in [1.165, 1.54) is 41.0 Å². The highest BCUT2D eigenvalue weighted by molar-refractivity contribution is 6.30. The summed E-state index contributed by atoms with van der Waals surface area (Å²) < 4.78 is 29.0. The zero-order chi connectivity index (χ0) is 20.4. The van der Waals surface area contributed by atoms with Crippen LogP contribution in [0.25, 0.3) is 5.69 Å². The number of rotatable bonds is 5. The van der Waals surface area contributed by atoms with Crippen LogP contribution in [0.15, 0.2) is 47.3 Å².